The topological polar surface area (TPSA) is 239 Å². The first-order chi connectivity index (χ1) is 44.7. The van der Waals surface area contributed by atoms with Crippen molar-refractivity contribution in [2.24, 2.45) is 11.8 Å². The molecule has 0 bridgehead atoms. The van der Waals surface area contributed by atoms with Gasteiger partial charge in [-0.15, -0.1) is 0 Å². The minimum Gasteiger partial charge on any atom is -0.348 e. The number of nitrogens with one attached hydrogen (secondary N) is 8. The Morgan fingerprint density at radius 3 is 1.11 bits per heavy atom. The van der Waals surface area contributed by atoms with Crippen molar-refractivity contribution in [3.8, 4) is 0 Å². The molecule has 2 saturated carbocycles. The van der Waals surface area contributed by atoms with Crippen LogP contribution in [0.25, 0.3) is 0 Å². The molecule has 2 aliphatic heterocycles. The molecule has 5 aromatic rings. The lowest BCUT2D eigenvalue weighted by molar-refractivity contribution is -0.143. The minimum atomic E-state index is -0.967. The van der Waals surface area contributed by atoms with E-state index in [1.807, 2.05) is 97.1 Å². The number of rotatable bonds is 28. The number of hydrogen-bond donors (Lipinski definition) is 8. The Morgan fingerprint density at radius 2 is 0.772 bits per heavy atom. The average molecular weight is 1250 g/mol. The Labute approximate surface area is 543 Å². The lowest BCUT2D eigenvalue weighted by Crippen LogP contribution is -2.58. The number of likely N-dealkylation sites (N-methyl/N-ethyl adjacent to an activating group) is 2. The summed E-state index contributed by atoms with van der Waals surface area (Å²) >= 11 is 0. The van der Waals surface area contributed by atoms with E-state index in [1.54, 1.807) is 62.0 Å². The van der Waals surface area contributed by atoms with Crippen LogP contribution in [0.15, 0.2) is 146 Å². The van der Waals surface area contributed by atoms with Crippen LogP contribution < -0.4 is 42.5 Å². The molecule has 4 aliphatic rings. The largest absolute Gasteiger partial charge is 0.348 e. The Hall–Kier alpha value is -8.22. The second-order valence-corrected chi connectivity index (χ2v) is 25.9. The molecule has 18 heteroatoms. The molecule has 490 valence electrons. The summed E-state index contributed by atoms with van der Waals surface area (Å²) in [5.41, 5.74) is 4.76. The summed E-state index contributed by atoms with van der Waals surface area (Å²) in [6.45, 7) is 3.53. The van der Waals surface area contributed by atoms with Gasteiger partial charge in [-0.2, -0.15) is 0 Å². The number of hydrogen-bond acceptors (Lipinski definition) is 10. The van der Waals surface area contributed by atoms with Crippen molar-refractivity contribution in [1.29, 1.82) is 0 Å². The summed E-state index contributed by atoms with van der Waals surface area (Å²) in [7, 11) is 3.38. The molecule has 2 saturated heterocycles. The van der Waals surface area contributed by atoms with Crippen LogP contribution in [0, 0.1) is 11.8 Å². The number of likely N-dealkylation sites (tertiary alicyclic amines) is 2. The maximum absolute atomic E-state index is 15.2. The van der Waals surface area contributed by atoms with E-state index in [0.29, 0.717) is 12.8 Å². The lowest BCUT2D eigenvalue weighted by atomic mass is 9.83. The van der Waals surface area contributed by atoms with Crippen molar-refractivity contribution in [1.82, 2.24) is 52.3 Å². The van der Waals surface area contributed by atoms with Gasteiger partial charge in [0.1, 0.15) is 24.2 Å². The third kappa shape index (κ3) is 18.5. The van der Waals surface area contributed by atoms with E-state index in [4.69, 9.17) is 0 Å². The summed E-state index contributed by atoms with van der Waals surface area (Å²) in [6, 6.07) is 39.4. The van der Waals surface area contributed by atoms with E-state index in [-0.39, 0.29) is 96.4 Å². The summed E-state index contributed by atoms with van der Waals surface area (Å²) in [5, 5.41) is 25.0. The van der Waals surface area contributed by atoms with Crippen LogP contribution in [0.4, 0.5) is 0 Å². The minimum absolute atomic E-state index is 0.0256. The molecule has 2 heterocycles. The highest BCUT2D eigenvalue weighted by atomic mass is 16.2. The first-order valence-electron chi connectivity index (χ1n) is 33.7. The second kappa shape index (κ2) is 33.9. The molecule has 0 spiro atoms. The van der Waals surface area contributed by atoms with E-state index in [2.05, 4.69) is 66.8 Å². The molecule has 92 heavy (non-hydrogen) atoms. The van der Waals surface area contributed by atoms with E-state index < -0.39 is 60.1 Å². The molecule has 2 aliphatic carbocycles. The SMILES string of the molecule is CN[C@@H](C)C(=O)N[C@H](C(=O)N1C[C@@H](NC(=O)c2ccc(C(=O)N[C@H]3C[C@@H](C(=O)N[C@H](CCCc4ccccc4)c4ccccc4)N(C(=O)[C@@H](NC(=O)[C@H](C)NC)C4CCCCC4)C3)cc2)C[C@H]1C(=O)N[C@H](CCCc1ccccc1)c1ccccc1)C1CCCCC1. The van der Waals surface area contributed by atoms with Crippen LogP contribution in [0.3, 0.4) is 0 Å². The predicted octanol–water partition coefficient (Wildman–Crippen LogP) is 8.19. The van der Waals surface area contributed by atoms with Gasteiger partial charge in [0.25, 0.3) is 11.8 Å². The Balaban J connectivity index is 0.913. The molecule has 0 aromatic heterocycles. The summed E-state index contributed by atoms with van der Waals surface area (Å²) in [6.07, 6.45) is 13.5. The van der Waals surface area contributed by atoms with Crippen molar-refractivity contribution < 1.29 is 38.4 Å². The van der Waals surface area contributed by atoms with Gasteiger partial charge in [0, 0.05) is 36.3 Å². The van der Waals surface area contributed by atoms with Crippen molar-refractivity contribution in [2.45, 2.75) is 190 Å². The molecule has 8 amide bonds. The van der Waals surface area contributed by atoms with Crippen molar-refractivity contribution in [3.05, 3.63) is 179 Å². The Kier molecular flexibility index (Phi) is 25.1. The summed E-state index contributed by atoms with van der Waals surface area (Å²) in [4.78, 5) is 119. The fourth-order valence-electron chi connectivity index (χ4n) is 13.9. The molecular weight excluding hydrogens is 1160 g/mol. The van der Waals surface area contributed by atoms with Gasteiger partial charge >= 0.3 is 0 Å². The standard InChI is InChI=1S/C74H96N10O8/c1-49(75-3)67(85)81-65(55-35-19-9-20-36-55)73(91)83-47-59(45-63(83)71(89)79-61(53-31-15-7-16-32-53)39-23-29-51-25-11-5-12-26-51)77-69(87)57-41-43-58(44-42-57)70(88)78-60-46-64(84(48-60)74(92)66(56-37-21-10-22-38-56)82-68(86)50(2)76-4)72(90)80-62(54-33-17-8-18-34-54)40-24-30-52-27-13-6-14-28-52/h5-8,11-18,25-28,31-34,41-44,49-50,55-56,59-66,75-76H,9-10,19-24,29-30,35-40,45-48H2,1-4H3,(H,77,87)(H,78,88)(H,79,89)(H,80,90)(H,81,85)(H,82,86)/t49-,50-,59-,60-,61+,62+,63-,64-,65-,66-/m0/s1. The maximum atomic E-state index is 15.2. The zero-order valence-corrected chi connectivity index (χ0v) is 54.1. The normalized spacial score (nSPS) is 20.5. The molecule has 9 rings (SSSR count). The van der Waals surface area contributed by atoms with Crippen molar-refractivity contribution in [3.63, 3.8) is 0 Å². The smallest absolute Gasteiger partial charge is 0.251 e. The van der Waals surface area contributed by atoms with E-state index in [1.165, 1.54) is 11.1 Å². The third-order valence-electron chi connectivity index (χ3n) is 19.5. The average Bonchev–Trinajstić information content (AvgIpc) is 1.75. The van der Waals surface area contributed by atoms with Gasteiger partial charge in [0.15, 0.2) is 0 Å². The zero-order chi connectivity index (χ0) is 64.9. The molecule has 0 radical (unpaired) electrons. The van der Waals surface area contributed by atoms with E-state index in [0.717, 1.165) is 101 Å². The molecule has 18 nitrogen and oxygen atoms in total. The number of aryl methyl sites for hydroxylation is 2. The highest BCUT2D eigenvalue weighted by molar-refractivity contribution is 5.99. The fourth-order valence-corrected chi connectivity index (χ4v) is 13.9. The molecular formula is C74H96N10O8. The van der Waals surface area contributed by atoms with Gasteiger partial charge in [-0.3, -0.25) is 38.4 Å². The predicted molar refractivity (Wildman–Crippen MR) is 357 cm³/mol. The van der Waals surface area contributed by atoms with Gasteiger partial charge in [0.05, 0.1) is 24.2 Å². The van der Waals surface area contributed by atoms with Crippen LogP contribution in [0.2, 0.25) is 0 Å². The molecule has 0 unspecified atom stereocenters. The number of nitrogens with zero attached hydrogens (tertiary/aromatic N) is 2. The quantitative estimate of drug-likeness (QED) is 0.0239. The van der Waals surface area contributed by atoms with E-state index >= 15 is 9.59 Å². The molecule has 10 atom stereocenters. The molecule has 5 aromatic carbocycles. The van der Waals surface area contributed by atoms with Crippen LogP contribution in [0.1, 0.15) is 172 Å². The first kappa shape index (κ1) is 68.2. The van der Waals surface area contributed by atoms with Crippen LogP contribution in [-0.4, -0.2) is 133 Å². The Bertz CT molecular complexity index is 3000. The van der Waals surface area contributed by atoms with Crippen LogP contribution >= 0.6 is 0 Å². The van der Waals surface area contributed by atoms with Crippen LogP contribution in [-0.2, 0) is 41.6 Å². The number of carbonyl (C=O) groups excluding carboxylic acids is 8. The maximum Gasteiger partial charge on any atom is 0.251 e. The van der Waals surface area contributed by atoms with Crippen molar-refractivity contribution >= 4 is 47.3 Å². The first-order valence-corrected chi connectivity index (χ1v) is 33.7. The van der Waals surface area contributed by atoms with Gasteiger partial charge in [-0.05, 0) is 163 Å². The second-order valence-electron chi connectivity index (χ2n) is 25.9. The Morgan fingerprint density at radius 1 is 0.435 bits per heavy atom. The summed E-state index contributed by atoms with van der Waals surface area (Å²) in [5.74, 6) is -3.23. The number of benzene rings is 5. The van der Waals surface area contributed by atoms with Gasteiger partial charge in [-0.1, -0.05) is 160 Å². The van der Waals surface area contributed by atoms with Crippen molar-refractivity contribution in [2.75, 3.05) is 27.2 Å². The zero-order valence-electron chi connectivity index (χ0n) is 54.1. The van der Waals surface area contributed by atoms with E-state index in [9.17, 15) is 28.8 Å². The number of amides is 8. The molecule has 8 N–H and O–H groups in total. The fraction of sp³-hybridized carbons (Fsp3) is 0.486. The third-order valence-corrected chi connectivity index (χ3v) is 19.5. The van der Waals surface area contributed by atoms with Crippen LogP contribution in [0.5, 0.6) is 0 Å². The van der Waals surface area contributed by atoms with Gasteiger partial charge in [0.2, 0.25) is 35.4 Å². The van der Waals surface area contributed by atoms with Gasteiger partial charge in [-0.25, -0.2) is 0 Å². The molecule has 4 fully saturated rings. The lowest BCUT2D eigenvalue weighted by Gasteiger charge is -2.35. The highest BCUT2D eigenvalue weighted by Gasteiger charge is 2.47. The number of carbonyl (C=O) groups is 8. The monoisotopic (exact) mass is 1250 g/mol. The highest BCUT2D eigenvalue weighted by Crippen LogP contribution is 2.33. The summed E-state index contributed by atoms with van der Waals surface area (Å²) < 4.78 is 0. The van der Waals surface area contributed by atoms with Gasteiger partial charge < -0.3 is 52.3 Å².